The summed E-state index contributed by atoms with van der Waals surface area (Å²) in [6.45, 7) is 1.45. The molecule has 0 bridgehead atoms. The molecule has 1 aromatic carbocycles. The summed E-state index contributed by atoms with van der Waals surface area (Å²) in [5.74, 6) is 1.58. The van der Waals surface area contributed by atoms with Crippen LogP contribution in [0, 0.1) is 11.3 Å². The summed E-state index contributed by atoms with van der Waals surface area (Å²) in [6.07, 6.45) is 5.62. The van der Waals surface area contributed by atoms with E-state index in [9.17, 15) is 0 Å². The molecule has 3 aliphatic rings. The van der Waals surface area contributed by atoms with E-state index >= 15 is 0 Å². The number of rotatable bonds is 5. The van der Waals surface area contributed by atoms with Crippen LogP contribution in [0.5, 0.6) is 5.75 Å². The molecule has 1 saturated heterocycles. The lowest BCUT2D eigenvalue weighted by molar-refractivity contribution is -0.158. The molecule has 1 aromatic heterocycles. The summed E-state index contributed by atoms with van der Waals surface area (Å²) < 4.78 is 12.1. The molecule has 3 fully saturated rings. The van der Waals surface area contributed by atoms with Crippen molar-refractivity contribution >= 4 is 17.0 Å². The first-order chi connectivity index (χ1) is 11.9. The summed E-state index contributed by atoms with van der Waals surface area (Å²) in [6, 6.07) is 8.81. The van der Waals surface area contributed by atoms with E-state index in [1.165, 1.54) is 25.7 Å². The number of para-hydroxylation sites is 2. The lowest BCUT2D eigenvalue weighted by Gasteiger charge is -2.63. The fourth-order valence-corrected chi connectivity index (χ4v) is 5.34. The van der Waals surface area contributed by atoms with Gasteiger partial charge in [-0.25, -0.2) is 4.98 Å². The SMILES string of the molecule is c1ccc(OCc2cscn2)c(NC2C3CCOC3C23CCC3)c1. The molecule has 0 amide bonds. The van der Waals surface area contributed by atoms with Crippen LogP contribution < -0.4 is 10.1 Å². The Hall–Kier alpha value is -1.59. The molecule has 1 spiro atoms. The first-order valence-corrected chi connectivity index (χ1v) is 9.78. The number of fused-ring (bicyclic) bond motifs is 2. The number of hydrogen-bond donors (Lipinski definition) is 1. The van der Waals surface area contributed by atoms with Gasteiger partial charge in [-0.3, -0.25) is 0 Å². The second kappa shape index (κ2) is 5.74. The summed E-state index contributed by atoms with van der Waals surface area (Å²) in [5, 5.41) is 5.85. The summed E-state index contributed by atoms with van der Waals surface area (Å²) in [7, 11) is 0. The topological polar surface area (TPSA) is 43.4 Å². The van der Waals surface area contributed by atoms with E-state index in [0.29, 0.717) is 30.1 Å². The molecule has 5 heteroatoms. The van der Waals surface area contributed by atoms with Crippen molar-refractivity contribution in [1.29, 1.82) is 0 Å². The number of nitrogens with zero attached hydrogens (tertiary/aromatic N) is 1. The van der Waals surface area contributed by atoms with Gasteiger partial charge in [-0.05, 0) is 31.4 Å². The van der Waals surface area contributed by atoms with E-state index < -0.39 is 0 Å². The Morgan fingerprint density at radius 3 is 3.04 bits per heavy atom. The molecule has 126 valence electrons. The molecular weight excluding hydrogens is 320 g/mol. The second-order valence-electron chi connectivity index (χ2n) is 7.22. The van der Waals surface area contributed by atoms with E-state index in [1.54, 1.807) is 11.3 Å². The number of benzene rings is 1. The fourth-order valence-electron chi connectivity index (χ4n) is 4.80. The van der Waals surface area contributed by atoms with E-state index in [2.05, 4.69) is 22.4 Å². The van der Waals surface area contributed by atoms with E-state index in [-0.39, 0.29) is 0 Å². The quantitative estimate of drug-likeness (QED) is 0.889. The number of nitrogens with one attached hydrogen (secondary N) is 1. The van der Waals surface area contributed by atoms with Gasteiger partial charge in [0.25, 0.3) is 0 Å². The van der Waals surface area contributed by atoms with Crippen LogP contribution in [0.3, 0.4) is 0 Å². The third kappa shape index (κ3) is 2.18. The minimum absolute atomic E-state index is 0.378. The summed E-state index contributed by atoms with van der Waals surface area (Å²) in [5.41, 5.74) is 4.31. The van der Waals surface area contributed by atoms with E-state index in [0.717, 1.165) is 23.7 Å². The van der Waals surface area contributed by atoms with Gasteiger partial charge in [0.1, 0.15) is 12.4 Å². The molecule has 1 aliphatic heterocycles. The molecular formula is C19H22N2O2S. The highest BCUT2D eigenvalue weighted by Gasteiger charge is 2.66. The minimum Gasteiger partial charge on any atom is -0.485 e. The Labute approximate surface area is 146 Å². The van der Waals surface area contributed by atoms with Crippen molar-refractivity contribution in [3.63, 3.8) is 0 Å². The smallest absolute Gasteiger partial charge is 0.142 e. The molecule has 3 atom stereocenters. The van der Waals surface area contributed by atoms with Gasteiger partial charge in [-0.1, -0.05) is 18.6 Å². The zero-order valence-corrected chi connectivity index (χ0v) is 14.4. The largest absolute Gasteiger partial charge is 0.485 e. The average Bonchev–Trinajstić information content (AvgIpc) is 3.20. The van der Waals surface area contributed by atoms with Crippen molar-refractivity contribution in [2.45, 2.75) is 44.4 Å². The minimum atomic E-state index is 0.378. The summed E-state index contributed by atoms with van der Waals surface area (Å²) in [4.78, 5) is 4.29. The van der Waals surface area contributed by atoms with Gasteiger partial charge >= 0.3 is 0 Å². The fraction of sp³-hybridized carbons (Fsp3) is 0.526. The average molecular weight is 342 g/mol. The molecule has 1 N–H and O–H groups in total. The van der Waals surface area contributed by atoms with Gasteiger partial charge in [-0.15, -0.1) is 11.3 Å². The summed E-state index contributed by atoms with van der Waals surface area (Å²) >= 11 is 1.60. The maximum Gasteiger partial charge on any atom is 0.142 e. The Kier molecular flexibility index (Phi) is 3.52. The molecule has 2 heterocycles. The van der Waals surface area contributed by atoms with Crippen LogP contribution in [-0.2, 0) is 11.3 Å². The molecule has 0 radical (unpaired) electrons. The van der Waals surface area contributed by atoms with Crippen LogP contribution in [0.2, 0.25) is 0 Å². The molecule has 4 nitrogen and oxygen atoms in total. The number of ether oxygens (including phenoxy) is 2. The van der Waals surface area contributed by atoms with Crippen molar-refractivity contribution in [1.82, 2.24) is 4.98 Å². The molecule has 2 aliphatic carbocycles. The van der Waals surface area contributed by atoms with Crippen molar-refractivity contribution in [2.75, 3.05) is 11.9 Å². The zero-order valence-electron chi connectivity index (χ0n) is 13.6. The first-order valence-electron chi connectivity index (χ1n) is 8.84. The lowest BCUT2D eigenvalue weighted by Crippen LogP contribution is -2.68. The van der Waals surface area contributed by atoms with Crippen LogP contribution in [0.15, 0.2) is 35.2 Å². The Morgan fingerprint density at radius 2 is 2.25 bits per heavy atom. The van der Waals surface area contributed by atoms with E-state index in [1.807, 2.05) is 23.0 Å². The third-order valence-electron chi connectivity index (χ3n) is 6.09. The van der Waals surface area contributed by atoms with E-state index in [4.69, 9.17) is 9.47 Å². The maximum absolute atomic E-state index is 6.03. The number of hydrogen-bond acceptors (Lipinski definition) is 5. The monoisotopic (exact) mass is 342 g/mol. The zero-order chi connectivity index (χ0) is 16.0. The van der Waals surface area contributed by atoms with Gasteiger partial charge in [0.05, 0.1) is 23.0 Å². The van der Waals surface area contributed by atoms with Gasteiger partial charge in [0.15, 0.2) is 0 Å². The highest BCUT2D eigenvalue weighted by molar-refractivity contribution is 7.07. The van der Waals surface area contributed by atoms with Gasteiger partial charge < -0.3 is 14.8 Å². The Morgan fingerprint density at radius 1 is 1.33 bits per heavy atom. The number of aromatic nitrogens is 1. The van der Waals surface area contributed by atoms with Gasteiger partial charge in [0.2, 0.25) is 0 Å². The molecule has 2 saturated carbocycles. The standard InChI is InChI=1S/C19H22N2O2S/c1-2-5-16(23-10-13-11-24-12-20-13)15(4-1)21-17-14-6-9-22-18(14)19(17)7-3-8-19/h1-2,4-5,11-12,14,17-18,21H,3,6-10H2. The molecule has 5 rings (SSSR count). The number of anilines is 1. The van der Waals surface area contributed by atoms with Gasteiger partial charge in [-0.2, -0.15) is 0 Å². The Balaban J connectivity index is 1.34. The van der Waals surface area contributed by atoms with Gasteiger partial charge in [0, 0.05) is 29.4 Å². The normalized spacial score (nSPS) is 29.6. The second-order valence-corrected chi connectivity index (χ2v) is 7.94. The molecule has 2 aromatic rings. The molecule has 3 unspecified atom stereocenters. The predicted octanol–water partition coefficient (Wildman–Crippen LogP) is 4.09. The van der Waals surface area contributed by atoms with Crippen LogP contribution in [0.4, 0.5) is 5.69 Å². The van der Waals surface area contributed by atoms with Crippen LogP contribution in [-0.4, -0.2) is 23.7 Å². The maximum atomic E-state index is 6.03. The van der Waals surface area contributed by atoms with Crippen molar-refractivity contribution in [3.05, 3.63) is 40.8 Å². The van der Waals surface area contributed by atoms with Crippen molar-refractivity contribution < 1.29 is 9.47 Å². The molecule has 24 heavy (non-hydrogen) atoms. The first kappa shape index (κ1) is 14.7. The highest BCUT2D eigenvalue weighted by Crippen LogP contribution is 2.63. The third-order valence-corrected chi connectivity index (χ3v) is 6.73. The Bertz CT molecular complexity index is 714. The van der Waals surface area contributed by atoms with Crippen LogP contribution in [0.25, 0.3) is 0 Å². The lowest BCUT2D eigenvalue weighted by atomic mass is 9.46. The number of thiazole rings is 1. The highest BCUT2D eigenvalue weighted by atomic mass is 32.1. The van der Waals surface area contributed by atoms with Crippen molar-refractivity contribution in [2.24, 2.45) is 11.3 Å². The van der Waals surface area contributed by atoms with Crippen LogP contribution >= 0.6 is 11.3 Å². The van der Waals surface area contributed by atoms with Crippen molar-refractivity contribution in [3.8, 4) is 5.75 Å². The predicted molar refractivity (Wildman–Crippen MR) is 94.4 cm³/mol. The van der Waals surface area contributed by atoms with Crippen LogP contribution in [0.1, 0.15) is 31.4 Å².